The van der Waals surface area contributed by atoms with Gasteiger partial charge in [-0.15, -0.1) is 0 Å². The summed E-state index contributed by atoms with van der Waals surface area (Å²) in [6, 6.07) is 14.7. The maximum atomic E-state index is 13.4. The van der Waals surface area contributed by atoms with Gasteiger partial charge in [0.25, 0.3) is 5.91 Å². The molecule has 1 fully saturated rings. The van der Waals surface area contributed by atoms with Crippen LogP contribution in [-0.2, 0) is 16.0 Å². The molecule has 0 radical (unpaired) electrons. The number of hydrogen-bond acceptors (Lipinski definition) is 4. The highest BCUT2D eigenvalue weighted by atomic mass is 16.5. The van der Waals surface area contributed by atoms with Crippen molar-refractivity contribution in [1.29, 1.82) is 0 Å². The molecule has 2 aromatic carbocycles. The highest BCUT2D eigenvalue weighted by Crippen LogP contribution is 2.38. The standard InChI is InChI=1S/C26H33NO4/c1-29-23-12-11-20(17-24(23)30-2)18-13-15-27(16-14-18)26(28)25(31-3)22-10-6-8-19-7-4-5-9-21(19)22/h4-5,7,9,11-12,17-18,22,25H,6,8,10,13-16H2,1-3H3. The molecule has 1 aliphatic carbocycles. The van der Waals surface area contributed by atoms with E-state index in [-0.39, 0.29) is 11.8 Å². The van der Waals surface area contributed by atoms with Gasteiger partial charge in [0.05, 0.1) is 14.2 Å². The second kappa shape index (κ2) is 9.73. The predicted molar refractivity (Wildman–Crippen MR) is 121 cm³/mol. The number of aryl methyl sites for hydroxylation is 1. The van der Waals surface area contributed by atoms with Crippen LogP contribution in [0.2, 0.25) is 0 Å². The smallest absolute Gasteiger partial charge is 0.252 e. The highest BCUT2D eigenvalue weighted by Gasteiger charge is 2.36. The Hall–Kier alpha value is -2.53. The Morgan fingerprint density at radius 3 is 2.42 bits per heavy atom. The summed E-state index contributed by atoms with van der Waals surface area (Å²) in [4.78, 5) is 15.4. The first-order chi connectivity index (χ1) is 15.2. The normalized spacial score (nSPS) is 20.1. The van der Waals surface area contributed by atoms with Crippen LogP contribution in [-0.4, -0.2) is 51.3 Å². The number of carbonyl (C=O) groups is 1. The maximum absolute atomic E-state index is 13.4. The number of ether oxygens (including phenoxy) is 3. The van der Waals surface area contributed by atoms with Gasteiger partial charge in [0, 0.05) is 26.1 Å². The molecule has 0 saturated carbocycles. The summed E-state index contributed by atoms with van der Waals surface area (Å²) >= 11 is 0. The number of fused-ring (bicyclic) bond motifs is 1. The molecule has 31 heavy (non-hydrogen) atoms. The van der Waals surface area contributed by atoms with Gasteiger partial charge in [-0.1, -0.05) is 30.3 Å². The maximum Gasteiger partial charge on any atom is 0.252 e. The van der Waals surface area contributed by atoms with E-state index in [9.17, 15) is 4.79 Å². The Morgan fingerprint density at radius 2 is 1.71 bits per heavy atom. The molecule has 2 aliphatic rings. The number of rotatable bonds is 6. The molecule has 0 spiro atoms. The van der Waals surface area contributed by atoms with Crippen molar-refractivity contribution in [3.05, 3.63) is 59.2 Å². The van der Waals surface area contributed by atoms with E-state index in [4.69, 9.17) is 14.2 Å². The molecule has 2 aromatic rings. The fourth-order valence-electron chi connectivity index (χ4n) is 5.26. The number of methoxy groups -OCH3 is 3. The Morgan fingerprint density at radius 1 is 0.968 bits per heavy atom. The average molecular weight is 424 g/mol. The van der Waals surface area contributed by atoms with E-state index in [1.807, 2.05) is 11.0 Å². The monoisotopic (exact) mass is 423 g/mol. The zero-order chi connectivity index (χ0) is 21.8. The number of amides is 1. The van der Waals surface area contributed by atoms with Crippen LogP contribution < -0.4 is 9.47 Å². The quantitative estimate of drug-likeness (QED) is 0.684. The van der Waals surface area contributed by atoms with Crippen LogP contribution in [0.1, 0.15) is 54.2 Å². The molecule has 0 N–H and O–H groups in total. The molecule has 1 aliphatic heterocycles. The molecule has 5 heteroatoms. The summed E-state index contributed by atoms with van der Waals surface area (Å²) in [6.07, 6.45) is 4.69. The number of benzene rings is 2. The Labute approximate surface area is 185 Å². The lowest BCUT2D eigenvalue weighted by Crippen LogP contribution is -2.46. The van der Waals surface area contributed by atoms with Crippen molar-refractivity contribution in [1.82, 2.24) is 4.90 Å². The molecule has 0 aromatic heterocycles. The van der Waals surface area contributed by atoms with Crippen molar-refractivity contribution in [3.8, 4) is 11.5 Å². The minimum atomic E-state index is -0.404. The van der Waals surface area contributed by atoms with Gasteiger partial charge in [-0.25, -0.2) is 0 Å². The summed E-state index contributed by atoms with van der Waals surface area (Å²) in [7, 11) is 4.99. The van der Waals surface area contributed by atoms with Crippen molar-refractivity contribution < 1.29 is 19.0 Å². The second-order valence-electron chi connectivity index (χ2n) is 8.57. The lowest BCUT2D eigenvalue weighted by molar-refractivity contribution is -0.144. The van der Waals surface area contributed by atoms with Gasteiger partial charge in [-0.2, -0.15) is 0 Å². The van der Waals surface area contributed by atoms with E-state index >= 15 is 0 Å². The van der Waals surface area contributed by atoms with Crippen molar-refractivity contribution in [3.63, 3.8) is 0 Å². The van der Waals surface area contributed by atoms with Crippen LogP contribution in [0.15, 0.2) is 42.5 Å². The summed E-state index contributed by atoms with van der Waals surface area (Å²) in [6.45, 7) is 1.51. The Balaban J connectivity index is 1.43. The van der Waals surface area contributed by atoms with Crippen LogP contribution in [0, 0.1) is 0 Å². The summed E-state index contributed by atoms with van der Waals surface area (Å²) in [5, 5.41) is 0. The van der Waals surface area contributed by atoms with Crippen LogP contribution in [0.4, 0.5) is 0 Å². The van der Waals surface area contributed by atoms with Crippen molar-refractivity contribution in [2.75, 3.05) is 34.4 Å². The molecule has 4 rings (SSSR count). The molecule has 166 valence electrons. The third-order valence-electron chi connectivity index (χ3n) is 6.96. The van der Waals surface area contributed by atoms with E-state index in [1.54, 1.807) is 21.3 Å². The fraction of sp³-hybridized carbons (Fsp3) is 0.500. The van der Waals surface area contributed by atoms with E-state index < -0.39 is 6.10 Å². The predicted octanol–water partition coefficient (Wildman–Crippen LogP) is 4.54. The van der Waals surface area contributed by atoms with Gasteiger partial charge < -0.3 is 19.1 Å². The molecule has 1 saturated heterocycles. The number of nitrogens with zero attached hydrogens (tertiary/aromatic N) is 1. The lowest BCUT2D eigenvalue weighted by atomic mass is 9.79. The molecule has 1 heterocycles. The number of likely N-dealkylation sites (tertiary alicyclic amines) is 1. The molecule has 2 unspecified atom stereocenters. The van der Waals surface area contributed by atoms with E-state index in [0.29, 0.717) is 5.92 Å². The van der Waals surface area contributed by atoms with E-state index in [0.717, 1.165) is 56.7 Å². The van der Waals surface area contributed by atoms with Crippen LogP contribution in [0.25, 0.3) is 0 Å². The van der Waals surface area contributed by atoms with E-state index in [1.165, 1.54) is 16.7 Å². The van der Waals surface area contributed by atoms with Crippen molar-refractivity contribution in [2.24, 2.45) is 0 Å². The zero-order valence-electron chi connectivity index (χ0n) is 18.8. The first-order valence-corrected chi connectivity index (χ1v) is 11.3. The second-order valence-corrected chi connectivity index (χ2v) is 8.57. The SMILES string of the molecule is COc1ccc(C2CCN(C(=O)C(OC)C3CCCc4ccccc43)CC2)cc1OC. The van der Waals surface area contributed by atoms with Gasteiger partial charge in [0.15, 0.2) is 11.5 Å². The Bertz CT molecular complexity index is 904. The molecular weight excluding hydrogens is 390 g/mol. The molecular formula is C26H33NO4. The average Bonchev–Trinajstić information content (AvgIpc) is 2.84. The van der Waals surface area contributed by atoms with Gasteiger partial charge in [0.2, 0.25) is 0 Å². The molecule has 2 atom stereocenters. The van der Waals surface area contributed by atoms with Crippen LogP contribution >= 0.6 is 0 Å². The topological polar surface area (TPSA) is 48.0 Å². The number of carbonyl (C=O) groups excluding carboxylic acids is 1. The fourth-order valence-corrected chi connectivity index (χ4v) is 5.26. The minimum Gasteiger partial charge on any atom is -0.493 e. The third kappa shape index (κ3) is 4.42. The van der Waals surface area contributed by atoms with Crippen LogP contribution in [0.3, 0.4) is 0 Å². The third-order valence-corrected chi connectivity index (χ3v) is 6.96. The first kappa shape index (κ1) is 21.7. The minimum absolute atomic E-state index is 0.134. The molecule has 5 nitrogen and oxygen atoms in total. The van der Waals surface area contributed by atoms with Gasteiger partial charge in [0.1, 0.15) is 6.10 Å². The summed E-state index contributed by atoms with van der Waals surface area (Å²) in [5.41, 5.74) is 3.89. The van der Waals surface area contributed by atoms with Crippen molar-refractivity contribution in [2.45, 2.75) is 50.0 Å². The van der Waals surface area contributed by atoms with Crippen molar-refractivity contribution >= 4 is 5.91 Å². The Kier molecular flexibility index (Phi) is 6.81. The molecule has 0 bridgehead atoms. The van der Waals surface area contributed by atoms with Gasteiger partial charge in [-0.05, 0) is 66.8 Å². The number of hydrogen-bond donors (Lipinski definition) is 0. The van der Waals surface area contributed by atoms with Crippen LogP contribution in [0.5, 0.6) is 11.5 Å². The van der Waals surface area contributed by atoms with E-state index in [2.05, 4.69) is 36.4 Å². The molecule has 1 amide bonds. The zero-order valence-corrected chi connectivity index (χ0v) is 18.8. The van der Waals surface area contributed by atoms with Gasteiger partial charge in [-0.3, -0.25) is 4.79 Å². The highest BCUT2D eigenvalue weighted by molar-refractivity contribution is 5.82. The first-order valence-electron chi connectivity index (χ1n) is 11.3. The van der Waals surface area contributed by atoms with Gasteiger partial charge >= 0.3 is 0 Å². The largest absolute Gasteiger partial charge is 0.493 e. The lowest BCUT2D eigenvalue weighted by Gasteiger charge is -2.37. The summed E-state index contributed by atoms with van der Waals surface area (Å²) < 4.78 is 16.6. The summed E-state index contributed by atoms with van der Waals surface area (Å²) in [5.74, 6) is 2.20. The number of piperidine rings is 1.